The highest BCUT2D eigenvalue weighted by Gasteiger charge is 2.35. The van der Waals surface area contributed by atoms with Crippen LogP contribution in [0.2, 0.25) is 0 Å². The van der Waals surface area contributed by atoms with Crippen LogP contribution in [-0.4, -0.2) is 54.1 Å². The molecule has 3 rings (SSSR count). The lowest BCUT2D eigenvalue weighted by Crippen LogP contribution is -2.31. The van der Waals surface area contributed by atoms with Crippen LogP contribution in [0.3, 0.4) is 0 Å². The number of ether oxygens (including phenoxy) is 3. The van der Waals surface area contributed by atoms with Crippen LogP contribution in [0.5, 0.6) is 5.75 Å². The molecule has 0 saturated heterocycles. The first-order chi connectivity index (χ1) is 11.7. The smallest absolute Gasteiger partial charge is 0.338 e. The average Bonchev–Trinajstić information content (AvgIpc) is 3.08. The highest BCUT2D eigenvalue weighted by atomic mass is 16.5. The summed E-state index contributed by atoms with van der Waals surface area (Å²) in [6, 6.07) is 6.81. The van der Waals surface area contributed by atoms with E-state index < -0.39 is 12.0 Å². The van der Waals surface area contributed by atoms with E-state index in [9.17, 15) is 4.79 Å². The fraction of sp³-hybridized carbons (Fsp3) is 0.333. The second-order valence-corrected chi connectivity index (χ2v) is 5.06. The van der Waals surface area contributed by atoms with E-state index in [0.29, 0.717) is 23.0 Å². The second-order valence-electron chi connectivity index (χ2n) is 5.06. The number of esters is 1. The molecule has 1 N–H and O–H groups in total. The molecule has 0 fully saturated rings. The highest BCUT2D eigenvalue weighted by molar-refractivity contribution is 5.92. The van der Waals surface area contributed by atoms with Gasteiger partial charge in [0.1, 0.15) is 11.8 Å². The quantitative estimate of drug-likeness (QED) is 0.802. The third kappa shape index (κ3) is 2.69. The molecular weight excluding hydrogens is 314 g/mol. The van der Waals surface area contributed by atoms with Gasteiger partial charge in [-0.25, -0.2) is 4.79 Å². The third-order valence-corrected chi connectivity index (χ3v) is 3.72. The molecule has 0 bridgehead atoms. The van der Waals surface area contributed by atoms with Gasteiger partial charge < -0.3 is 19.5 Å². The molecule has 2 heterocycles. The Morgan fingerprint density at radius 2 is 2.00 bits per heavy atom. The van der Waals surface area contributed by atoms with Crippen LogP contribution in [0.15, 0.2) is 35.5 Å². The number of hydrogen-bond acceptors (Lipinski definition) is 8. The van der Waals surface area contributed by atoms with Gasteiger partial charge in [0.25, 0.3) is 0 Å². The number of rotatable bonds is 5. The first-order valence-corrected chi connectivity index (χ1v) is 7.18. The lowest BCUT2D eigenvalue weighted by atomic mass is 9.95. The Morgan fingerprint density at radius 1 is 1.25 bits per heavy atom. The van der Waals surface area contributed by atoms with Gasteiger partial charge in [-0.3, -0.25) is 0 Å². The minimum Gasteiger partial charge on any atom is -0.497 e. The summed E-state index contributed by atoms with van der Waals surface area (Å²) < 4.78 is 16.9. The number of benzene rings is 1. The van der Waals surface area contributed by atoms with E-state index in [-0.39, 0.29) is 6.61 Å². The number of nitrogens with one attached hydrogen (secondary N) is 1. The molecule has 1 atom stereocenters. The highest BCUT2D eigenvalue weighted by Crippen LogP contribution is 2.35. The lowest BCUT2D eigenvalue weighted by Gasteiger charge is -2.28. The minimum absolute atomic E-state index is 0.198. The average molecular weight is 331 g/mol. The molecule has 2 aromatic rings. The maximum atomic E-state index is 12.4. The number of tetrazole rings is 1. The first-order valence-electron chi connectivity index (χ1n) is 7.18. The van der Waals surface area contributed by atoms with Crippen LogP contribution in [0.4, 0.5) is 5.95 Å². The fourth-order valence-corrected chi connectivity index (χ4v) is 2.64. The molecule has 1 aromatic carbocycles. The normalized spacial score (nSPS) is 16.4. The molecule has 1 unspecified atom stereocenters. The molecule has 0 radical (unpaired) electrons. The number of carbonyl (C=O) groups is 1. The summed E-state index contributed by atoms with van der Waals surface area (Å²) in [7, 11) is 4.47. The molecule has 9 heteroatoms. The summed E-state index contributed by atoms with van der Waals surface area (Å²) in [5.41, 5.74) is 1.77. The standard InChI is InChI=1S/C15H17N5O4/c1-22-8-11-12(14(21)24-3)13(20-15(16-11)17-18-19-20)9-4-6-10(23-2)7-5-9/h4-7,13H,8H2,1-3H3,(H,16,17,19). The SMILES string of the molecule is COCC1=C(C(=O)OC)C(c2ccc(OC)cc2)n2nnnc2N1. The number of aromatic nitrogens is 4. The maximum Gasteiger partial charge on any atom is 0.338 e. The Labute approximate surface area is 138 Å². The summed E-state index contributed by atoms with van der Waals surface area (Å²) >= 11 is 0. The number of methoxy groups -OCH3 is 3. The zero-order valence-electron chi connectivity index (χ0n) is 13.5. The number of fused-ring (bicyclic) bond motifs is 1. The van der Waals surface area contributed by atoms with E-state index in [2.05, 4.69) is 20.8 Å². The van der Waals surface area contributed by atoms with Gasteiger partial charge in [-0.2, -0.15) is 4.68 Å². The summed E-state index contributed by atoms with van der Waals surface area (Å²) in [5, 5.41) is 14.6. The van der Waals surface area contributed by atoms with Gasteiger partial charge in [0.2, 0.25) is 5.95 Å². The molecule has 0 aliphatic carbocycles. The van der Waals surface area contributed by atoms with Gasteiger partial charge >= 0.3 is 5.97 Å². The minimum atomic E-state index is -0.528. The number of nitrogens with zero attached hydrogens (tertiary/aromatic N) is 4. The van der Waals surface area contributed by atoms with Gasteiger partial charge in [0.15, 0.2) is 0 Å². The Hall–Kier alpha value is -2.94. The van der Waals surface area contributed by atoms with Crippen LogP contribution in [0, 0.1) is 0 Å². The monoisotopic (exact) mass is 331 g/mol. The van der Waals surface area contributed by atoms with Crippen molar-refractivity contribution in [3.63, 3.8) is 0 Å². The predicted octanol–water partition coefficient (Wildman–Crippen LogP) is 0.770. The van der Waals surface area contributed by atoms with Crippen LogP contribution in [-0.2, 0) is 14.3 Å². The van der Waals surface area contributed by atoms with Crippen LogP contribution in [0.25, 0.3) is 0 Å². The molecule has 0 spiro atoms. The van der Waals surface area contributed by atoms with E-state index in [0.717, 1.165) is 5.56 Å². The number of anilines is 1. The topological polar surface area (TPSA) is 100 Å². The molecular formula is C15H17N5O4. The largest absolute Gasteiger partial charge is 0.497 e. The van der Waals surface area contributed by atoms with Gasteiger partial charge in [0.05, 0.1) is 32.1 Å². The molecule has 126 valence electrons. The van der Waals surface area contributed by atoms with E-state index in [4.69, 9.17) is 14.2 Å². The van der Waals surface area contributed by atoms with E-state index in [1.165, 1.54) is 11.8 Å². The summed E-state index contributed by atoms with van der Waals surface area (Å²) in [6.07, 6.45) is 0. The molecule has 1 aliphatic rings. The van der Waals surface area contributed by atoms with Crippen molar-refractivity contribution in [2.24, 2.45) is 0 Å². The van der Waals surface area contributed by atoms with Crippen LogP contribution in [0.1, 0.15) is 11.6 Å². The zero-order chi connectivity index (χ0) is 17.1. The van der Waals surface area contributed by atoms with Gasteiger partial charge in [0, 0.05) is 7.11 Å². The van der Waals surface area contributed by atoms with Crippen molar-refractivity contribution in [1.82, 2.24) is 20.2 Å². The van der Waals surface area contributed by atoms with Crippen molar-refractivity contribution in [2.45, 2.75) is 6.04 Å². The second kappa shape index (κ2) is 6.67. The van der Waals surface area contributed by atoms with E-state index in [1.807, 2.05) is 24.3 Å². The van der Waals surface area contributed by atoms with Crippen molar-refractivity contribution in [3.05, 3.63) is 41.1 Å². The maximum absolute atomic E-state index is 12.4. The molecule has 0 amide bonds. The Morgan fingerprint density at radius 3 is 2.62 bits per heavy atom. The number of carbonyl (C=O) groups excluding carboxylic acids is 1. The van der Waals surface area contributed by atoms with E-state index >= 15 is 0 Å². The Kier molecular flexibility index (Phi) is 4.43. The van der Waals surface area contributed by atoms with Crippen LogP contribution < -0.4 is 10.1 Å². The fourth-order valence-electron chi connectivity index (χ4n) is 2.64. The van der Waals surface area contributed by atoms with Crippen molar-refractivity contribution >= 4 is 11.9 Å². The molecule has 9 nitrogen and oxygen atoms in total. The van der Waals surface area contributed by atoms with Gasteiger partial charge in [-0.05, 0) is 28.1 Å². The van der Waals surface area contributed by atoms with Crippen molar-refractivity contribution in [2.75, 3.05) is 33.3 Å². The van der Waals surface area contributed by atoms with Crippen molar-refractivity contribution in [1.29, 1.82) is 0 Å². The zero-order valence-corrected chi connectivity index (χ0v) is 13.5. The van der Waals surface area contributed by atoms with Crippen molar-refractivity contribution < 1.29 is 19.0 Å². The lowest BCUT2D eigenvalue weighted by molar-refractivity contribution is -0.136. The molecule has 1 aliphatic heterocycles. The predicted molar refractivity (Wildman–Crippen MR) is 83.5 cm³/mol. The summed E-state index contributed by atoms with van der Waals surface area (Å²) in [6.45, 7) is 0.198. The van der Waals surface area contributed by atoms with Crippen molar-refractivity contribution in [3.8, 4) is 5.75 Å². The Bertz CT molecular complexity index is 768. The van der Waals surface area contributed by atoms with Crippen LogP contribution >= 0.6 is 0 Å². The molecule has 24 heavy (non-hydrogen) atoms. The summed E-state index contributed by atoms with van der Waals surface area (Å²) in [4.78, 5) is 12.4. The van der Waals surface area contributed by atoms with Gasteiger partial charge in [-0.15, -0.1) is 0 Å². The summed E-state index contributed by atoms with van der Waals surface area (Å²) in [5.74, 6) is 0.664. The third-order valence-electron chi connectivity index (χ3n) is 3.72. The molecule has 0 saturated carbocycles. The van der Waals surface area contributed by atoms with Gasteiger partial charge in [-0.1, -0.05) is 17.2 Å². The van der Waals surface area contributed by atoms with E-state index in [1.54, 1.807) is 14.2 Å². The Balaban J connectivity index is 2.15. The molecule has 1 aromatic heterocycles. The first kappa shape index (κ1) is 15.9. The number of hydrogen-bond donors (Lipinski definition) is 1.